The molecule has 0 aliphatic heterocycles. The SMILES string of the molecule is CCCCSCCC(=O)[O-].[Li+]. The van der Waals surface area contributed by atoms with Gasteiger partial charge in [0.05, 0.1) is 0 Å². The number of carbonyl (C=O) groups excluding carboxylic acids is 1. The predicted octanol–water partition coefficient (Wildman–Crippen LogP) is -2.34. The summed E-state index contributed by atoms with van der Waals surface area (Å²) in [6.07, 6.45) is 2.55. The first-order chi connectivity index (χ1) is 4.77. The first kappa shape index (κ1) is 14.0. The first-order valence-electron chi connectivity index (χ1n) is 3.55. The topological polar surface area (TPSA) is 40.1 Å². The van der Waals surface area contributed by atoms with Crippen molar-refractivity contribution in [3.8, 4) is 0 Å². The smallest absolute Gasteiger partial charge is 0.550 e. The van der Waals surface area contributed by atoms with Crippen LogP contribution in [0.5, 0.6) is 0 Å². The van der Waals surface area contributed by atoms with Gasteiger partial charge in [-0.3, -0.25) is 0 Å². The van der Waals surface area contributed by atoms with Crippen LogP contribution in [-0.4, -0.2) is 17.5 Å². The number of aliphatic carboxylic acids is 1. The van der Waals surface area contributed by atoms with Crippen LogP contribution in [0.2, 0.25) is 0 Å². The zero-order chi connectivity index (χ0) is 7.82. The largest absolute Gasteiger partial charge is 1.00 e. The third-order valence-corrected chi connectivity index (χ3v) is 2.16. The molecule has 0 aliphatic carbocycles. The number of carboxylic acids is 1. The Bertz CT molecular complexity index is 98.4. The Kier molecular flexibility index (Phi) is 13.2. The van der Waals surface area contributed by atoms with Crippen molar-refractivity contribution in [3.63, 3.8) is 0 Å². The van der Waals surface area contributed by atoms with E-state index in [1.165, 1.54) is 12.8 Å². The van der Waals surface area contributed by atoms with Gasteiger partial charge in [0.15, 0.2) is 0 Å². The van der Waals surface area contributed by atoms with E-state index in [1.807, 2.05) is 0 Å². The zero-order valence-corrected chi connectivity index (χ0v) is 8.08. The van der Waals surface area contributed by atoms with Crippen molar-refractivity contribution in [2.45, 2.75) is 26.2 Å². The summed E-state index contributed by atoms with van der Waals surface area (Å²) in [5.41, 5.74) is 0. The van der Waals surface area contributed by atoms with Gasteiger partial charge in [0, 0.05) is 5.97 Å². The number of carboxylic acid groups (broad SMARTS) is 1. The summed E-state index contributed by atoms with van der Waals surface area (Å²) in [5.74, 6) is 0.829. The molecule has 0 aromatic carbocycles. The Morgan fingerprint density at radius 3 is 2.55 bits per heavy atom. The number of hydrogen-bond donors (Lipinski definition) is 0. The van der Waals surface area contributed by atoms with Gasteiger partial charge in [-0.15, -0.1) is 0 Å². The second kappa shape index (κ2) is 10.4. The molecule has 0 rings (SSSR count). The van der Waals surface area contributed by atoms with Gasteiger partial charge in [-0.1, -0.05) is 13.3 Å². The average molecular weight is 168 g/mol. The molecule has 0 saturated carbocycles. The summed E-state index contributed by atoms with van der Waals surface area (Å²) in [6, 6.07) is 0. The van der Waals surface area contributed by atoms with Crippen LogP contribution in [0.4, 0.5) is 0 Å². The van der Waals surface area contributed by atoms with Gasteiger partial charge in [0.2, 0.25) is 0 Å². The number of hydrogen-bond acceptors (Lipinski definition) is 3. The van der Waals surface area contributed by atoms with E-state index in [4.69, 9.17) is 0 Å². The molecule has 60 valence electrons. The summed E-state index contributed by atoms with van der Waals surface area (Å²) < 4.78 is 0. The van der Waals surface area contributed by atoms with Crippen molar-refractivity contribution in [2.75, 3.05) is 11.5 Å². The van der Waals surface area contributed by atoms with E-state index in [0.29, 0.717) is 5.75 Å². The average Bonchev–Trinajstić information content (AvgIpc) is 1.87. The van der Waals surface area contributed by atoms with Crippen LogP contribution in [0.1, 0.15) is 26.2 Å². The summed E-state index contributed by atoms with van der Waals surface area (Å²) in [5, 5.41) is 9.91. The normalized spacial score (nSPS) is 8.82. The molecule has 0 N–H and O–H groups in total. The van der Waals surface area contributed by atoms with Crippen molar-refractivity contribution in [2.24, 2.45) is 0 Å². The molecule has 0 unspecified atom stereocenters. The fourth-order valence-corrected chi connectivity index (χ4v) is 1.51. The molecule has 2 nitrogen and oxygen atoms in total. The van der Waals surface area contributed by atoms with Crippen LogP contribution >= 0.6 is 11.8 Å². The Morgan fingerprint density at radius 1 is 1.45 bits per heavy atom. The summed E-state index contributed by atoms with van der Waals surface area (Å²) in [4.78, 5) is 9.91. The van der Waals surface area contributed by atoms with Crippen LogP contribution in [0, 0.1) is 0 Å². The van der Waals surface area contributed by atoms with Crippen LogP contribution in [0.25, 0.3) is 0 Å². The summed E-state index contributed by atoms with van der Waals surface area (Å²) in [7, 11) is 0. The molecular weight excluding hydrogens is 155 g/mol. The predicted molar refractivity (Wildman–Crippen MR) is 41.9 cm³/mol. The maximum Gasteiger partial charge on any atom is 1.00 e. The molecule has 0 aliphatic rings. The van der Waals surface area contributed by atoms with E-state index in [0.717, 1.165) is 5.75 Å². The quantitative estimate of drug-likeness (QED) is 0.330. The van der Waals surface area contributed by atoms with E-state index in [1.54, 1.807) is 11.8 Å². The fourth-order valence-electron chi connectivity index (χ4n) is 0.504. The first-order valence-corrected chi connectivity index (χ1v) is 4.70. The van der Waals surface area contributed by atoms with Crippen molar-refractivity contribution in [1.29, 1.82) is 0 Å². The van der Waals surface area contributed by atoms with Gasteiger partial charge in [-0.2, -0.15) is 11.8 Å². The van der Waals surface area contributed by atoms with Crippen LogP contribution in [0.15, 0.2) is 0 Å². The minimum atomic E-state index is -0.941. The van der Waals surface area contributed by atoms with E-state index < -0.39 is 5.97 Å². The molecule has 0 fully saturated rings. The van der Waals surface area contributed by atoms with E-state index in [9.17, 15) is 9.90 Å². The van der Waals surface area contributed by atoms with Crippen molar-refractivity contribution >= 4 is 17.7 Å². The van der Waals surface area contributed by atoms with E-state index in [2.05, 4.69) is 6.92 Å². The minimum absolute atomic E-state index is 0. The van der Waals surface area contributed by atoms with Crippen molar-refractivity contribution in [3.05, 3.63) is 0 Å². The maximum absolute atomic E-state index is 9.91. The molecule has 0 bridgehead atoms. The van der Waals surface area contributed by atoms with Crippen LogP contribution in [-0.2, 0) is 4.79 Å². The fraction of sp³-hybridized carbons (Fsp3) is 0.857. The van der Waals surface area contributed by atoms with Crippen molar-refractivity contribution in [1.82, 2.24) is 0 Å². The van der Waals surface area contributed by atoms with Gasteiger partial charge in [-0.05, 0) is 24.3 Å². The van der Waals surface area contributed by atoms with Gasteiger partial charge in [0.25, 0.3) is 0 Å². The third-order valence-electron chi connectivity index (χ3n) is 1.09. The van der Waals surface area contributed by atoms with Gasteiger partial charge in [0.1, 0.15) is 0 Å². The Morgan fingerprint density at radius 2 is 2.09 bits per heavy atom. The second-order valence-corrected chi connectivity index (χ2v) is 3.31. The summed E-state index contributed by atoms with van der Waals surface area (Å²) in [6.45, 7) is 2.12. The van der Waals surface area contributed by atoms with Gasteiger partial charge < -0.3 is 9.90 Å². The maximum atomic E-state index is 9.91. The van der Waals surface area contributed by atoms with E-state index in [-0.39, 0.29) is 25.3 Å². The standard InChI is InChI=1S/C7H14O2S.Li/c1-2-3-5-10-6-4-7(8)9;/h2-6H2,1H3,(H,8,9);/q;+1/p-1. The molecule has 0 aromatic heterocycles. The molecule has 0 saturated heterocycles. The van der Waals surface area contributed by atoms with Crippen molar-refractivity contribution < 1.29 is 28.8 Å². The third kappa shape index (κ3) is 13.4. The van der Waals surface area contributed by atoms with Crippen LogP contribution in [0.3, 0.4) is 0 Å². The summed E-state index contributed by atoms with van der Waals surface area (Å²) >= 11 is 1.69. The van der Waals surface area contributed by atoms with Gasteiger partial charge >= 0.3 is 18.9 Å². The van der Waals surface area contributed by atoms with E-state index >= 15 is 0 Å². The number of rotatable bonds is 6. The second-order valence-electron chi connectivity index (χ2n) is 2.09. The van der Waals surface area contributed by atoms with Gasteiger partial charge in [-0.25, -0.2) is 0 Å². The Labute approximate surface area is 84.3 Å². The molecule has 0 heterocycles. The molecule has 0 aromatic rings. The molecule has 0 spiro atoms. The zero-order valence-electron chi connectivity index (χ0n) is 7.26. The Hall–Kier alpha value is 0.417. The number of carbonyl (C=O) groups is 1. The molecule has 0 atom stereocenters. The molecule has 0 amide bonds. The minimum Gasteiger partial charge on any atom is -0.550 e. The molecule has 11 heavy (non-hydrogen) atoms. The number of thioether (sulfide) groups is 1. The molecular formula is C7H13LiO2S. The van der Waals surface area contributed by atoms with Crippen LogP contribution < -0.4 is 24.0 Å². The number of unbranched alkanes of at least 4 members (excludes halogenated alkanes) is 1. The Balaban J connectivity index is 0. The molecule has 4 heteroatoms. The molecule has 0 radical (unpaired) electrons. The monoisotopic (exact) mass is 168 g/mol.